The number of aromatic nitrogens is 3. The molecule has 0 bridgehead atoms. The van der Waals surface area contributed by atoms with Crippen molar-refractivity contribution in [3.8, 4) is 0 Å². The highest BCUT2D eigenvalue weighted by molar-refractivity contribution is 5.78. The minimum atomic E-state index is 0.743. The molecule has 0 atom stereocenters. The van der Waals surface area contributed by atoms with E-state index in [1.165, 1.54) is 5.39 Å². The van der Waals surface area contributed by atoms with Crippen LogP contribution in [0.3, 0.4) is 0 Å². The number of rotatable bonds is 4. The summed E-state index contributed by atoms with van der Waals surface area (Å²) in [4.78, 5) is 4.38. The van der Waals surface area contributed by atoms with Crippen LogP contribution in [0.4, 0.5) is 5.82 Å². The Labute approximate surface area is 112 Å². The first-order chi connectivity index (χ1) is 9.36. The van der Waals surface area contributed by atoms with Gasteiger partial charge in [-0.2, -0.15) is 5.10 Å². The number of hydrogen-bond acceptors (Lipinski definition) is 3. The zero-order chi connectivity index (χ0) is 13.1. The Kier molecular flexibility index (Phi) is 3.14. The molecule has 1 aromatic carbocycles. The molecule has 0 aliphatic heterocycles. The van der Waals surface area contributed by atoms with E-state index in [2.05, 4.69) is 40.5 Å². The van der Waals surface area contributed by atoms with Gasteiger partial charge in [0.25, 0.3) is 0 Å². The molecule has 0 amide bonds. The zero-order valence-electron chi connectivity index (χ0n) is 10.9. The number of anilines is 1. The highest BCUT2D eigenvalue weighted by Gasteiger charge is 2.02. The molecule has 0 unspecified atom stereocenters. The van der Waals surface area contributed by atoms with E-state index < -0.39 is 0 Å². The molecule has 0 saturated carbocycles. The van der Waals surface area contributed by atoms with Crippen molar-refractivity contribution in [2.24, 2.45) is 0 Å². The summed E-state index contributed by atoms with van der Waals surface area (Å²) in [5, 5.41) is 8.78. The van der Waals surface area contributed by atoms with Gasteiger partial charge >= 0.3 is 0 Å². The third-order valence-corrected chi connectivity index (χ3v) is 3.07. The van der Waals surface area contributed by atoms with Crippen molar-refractivity contribution in [3.05, 3.63) is 54.4 Å². The van der Waals surface area contributed by atoms with Crippen molar-refractivity contribution in [1.29, 1.82) is 0 Å². The van der Waals surface area contributed by atoms with Crippen LogP contribution >= 0.6 is 0 Å². The Morgan fingerprint density at radius 3 is 2.79 bits per heavy atom. The fraction of sp³-hybridized carbons (Fsp3) is 0.200. The predicted molar refractivity (Wildman–Crippen MR) is 77.2 cm³/mol. The monoisotopic (exact) mass is 252 g/mol. The van der Waals surface area contributed by atoms with Crippen molar-refractivity contribution in [2.75, 3.05) is 11.9 Å². The molecular formula is C15H16N4. The lowest BCUT2D eigenvalue weighted by Gasteiger charge is -2.05. The first kappa shape index (κ1) is 11.7. The van der Waals surface area contributed by atoms with E-state index in [1.54, 1.807) is 0 Å². The number of nitrogens with one attached hydrogen (secondary N) is 1. The fourth-order valence-corrected chi connectivity index (χ4v) is 2.13. The predicted octanol–water partition coefficient (Wildman–Crippen LogP) is 2.91. The van der Waals surface area contributed by atoms with Crippen molar-refractivity contribution in [2.45, 2.75) is 13.5 Å². The summed E-state index contributed by atoms with van der Waals surface area (Å²) in [6.45, 7) is 3.69. The summed E-state index contributed by atoms with van der Waals surface area (Å²) >= 11 is 0. The average Bonchev–Trinajstić information content (AvgIpc) is 2.85. The van der Waals surface area contributed by atoms with Gasteiger partial charge in [-0.3, -0.25) is 4.68 Å². The minimum absolute atomic E-state index is 0.743. The Morgan fingerprint density at radius 2 is 2.00 bits per heavy atom. The van der Waals surface area contributed by atoms with Gasteiger partial charge in [-0.25, -0.2) is 4.98 Å². The van der Waals surface area contributed by atoms with E-state index in [0.717, 1.165) is 30.0 Å². The summed E-state index contributed by atoms with van der Waals surface area (Å²) < 4.78 is 2.00. The third-order valence-electron chi connectivity index (χ3n) is 3.07. The van der Waals surface area contributed by atoms with Gasteiger partial charge < -0.3 is 5.32 Å². The molecule has 0 fully saturated rings. The van der Waals surface area contributed by atoms with Gasteiger partial charge in [-0.05, 0) is 24.6 Å². The number of nitrogens with zero attached hydrogens (tertiary/aromatic N) is 3. The molecule has 19 heavy (non-hydrogen) atoms. The standard InChI is InChI=1S/C15H16N4/c1-2-16-15-8-7-12(9-17-15)11-19-14-6-4-3-5-13(14)10-18-19/h3-10H,2,11H2,1H3,(H,16,17). The van der Waals surface area contributed by atoms with Crippen LogP contribution in [-0.2, 0) is 6.54 Å². The number of hydrogen-bond donors (Lipinski definition) is 1. The van der Waals surface area contributed by atoms with Gasteiger partial charge in [-0.1, -0.05) is 24.3 Å². The second-order valence-corrected chi connectivity index (χ2v) is 4.44. The molecule has 3 rings (SSSR count). The van der Waals surface area contributed by atoms with E-state index in [9.17, 15) is 0 Å². The Bertz CT molecular complexity index is 670. The van der Waals surface area contributed by atoms with Crippen LogP contribution in [-0.4, -0.2) is 21.3 Å². The van der Waals surface area contributed by atoms with E-state index in [1.807, 2.05) is 35.3 Å². The molecule has 96 valence electrons. The molecule has 4 heteroatoms. The summed E-state index contributed by atoms with van der Waals surface area (Å²) in [7, 11) is 0. The van der Waals surface area contributed by atoms with Crippen LogP contribution in [0, 0.1) is 0 Å². The number of pyridine rings is 1. The second-order valence-electron chi connectivity index (χ2n) is 4.44. The lowest BCUT2D eigenvalue weighted by molar-refractivity contribution is 0.710. The smallest absolute Gasteiger partial charge is 0.125 e. The third kappa shape index (κ3) is 2.42. The fourth-order valence-electron chi connectivity index (χ4n) is 2.13. The molecule has 2 heterocycles. The molecule has 0 spiro atoms. The molecule has 0 aliphatic rings. The normalized spacial score (nSPS) is 10.8. The van der Waals surface area contributed by atoms with E-state index in [-0.39, 0.29) is 0 Å². The first-order valence-corrected chi connectivity index (χ1v) is 6.46. The maximum atomic E-state index is 4.42. The van der Waals surface area contributed by atoms with Crippen LogP contribution in [0.2, 0.25) is 0 Å². The number of benzene rings is 1. The van der Waals surface area contributed by atoms with Crippen molar-refractivity contribution >= 4 is 16.7 Å². The quantitative estimate of drug-likeness (QED) is 0.776. The van der Waals surface area contributed by atoms with Gasteiger partial charge in [0.15, 0.2) is 0 Å². The van der Waals surface area contributed by atoms with Crippen LogP contribution in [0.5, 0.6) is 0 Å². The molecular weight excluding hydrogens is 236 g/mol. The molecule has 4 nitrogen and oxygen atoms in total. The minimum Gasteiger partial charge on any atom is -0.370 e. The van der Waals surface area contributed by atoms with Gasteiger partial charge in [0.2, 0.25) is 0 Å². The maximum Gasteiger partial charge on any atom is 0.125 e. The lowest BCUT2D eigenvalue weighted by atomic mass is 10.2. The van der Waals surface area contributed by atoms with Gasteiger partial charge in [0.1, 0.15) is 5.82 Å². The first-order valence-electron chi connectivity index (χ1n) is 6.46. The summed E-state index contributed by atoms with van der Waals surface area (Å²) in [6, 6.07) is 12.3. The average molecular weight is 252 g/mol. The Morgan fingerprint density at radius 1 is 1.11 bits per heavy atom. The van der Waals surface area contributed by atoms with E-state index >= 15 is 0 Å². The van der Waals surface area contributed by atoms with Gasteiger partial charge in [-0.15, -0.1) is 0 Å². The number of fused-ring (bicyclic) bond motifs is 1. The highest BCUT2D eigenvalue weighted by Crippen LogP contribution is 2.14. The largest absolute Gasteiger partial charge is 0.370 e. The Balaban J connectivity index is 1.84. The van der Waals surface area contributed by atoms with Crippen LogP contribution in [0.1, 0.15) is 12.5 Å². The second kappa shape index (κ2) is 5.10. The summed E-state index contributed by atoms with van der Waals surface area (Å²) in [6.07, 6.45) is 3.80. The molecule has 3 aromatic rings. The van der Waals surface area contributed by atoms with Crippen LogP contribution in [0.25, 0.3) is 10.9 Å². The SMILES string of the molecule is CCNc1ccc(Cn2ncc3ccccc32)cn1. The molecule has 0 radical (unpaired) electrons. The molecule has 0 aliphatic carbocycles. The molecule has 0 saturated heterocycles. The molecule has 2 aromatic heterocycles. The Hall–Kier alpha value is -2.36. The van der Waals surface area contributed by atoms with Crippen molar-refractivity contribution in [1.82, 2.24) is 14.8 Å². The van der Waals surface area contributed by atoms with E-state index in [0.29, 0.717) is 0 Å². The highest BCUT2D eigenvalue weighted by atomic mass is 15.3. The summed E-state index contributed by atoms with van der Waals surface area (Å²) in [5.41, 5.74) is 2.30. The van der Waals surface area contributed by atoms with Gasteiger partial charge in [0, 0.05) is 18.1 Å². The lowest BCUT2D eigenvalue weighted by Crippen LogP contribution is -2.03. The zero-order valence-corrected chi connectivity index (χ0v) is 10.9. The maximum absolute atomic E-state index is 4.42. The van der Waals surface area contributed by atoms with Crippen molar-refractivity contribution < 1.29 is 0 Å². The number of para-hydroxylation sites is 1. The van der Waals surface area contributed by atoms with Crippen LogP contribution in [0.15, 0.2) is 48.8 Å². The van der Waals surface area contributed by atoms with E-state index in [4.69, 9.17) is 0 Å². The van der Waals surface area contributed by atoms with Crippen LogP contribution < -0.4 is 5.32 Å². The van der Waals surface area contributed by atoms with Crippen molar-refractivity contribution in [3.63, 3.8) is 0 Å². The summed E-state index contributed by atoms with van der Waals surface area (Å²) in [5.74, 6) is 0.913. The molecule has 1 N–H and O–H groups in total. The van der Waals surface area contributed by atoms with Gasteiger partial charge in [0.05, 0.1) is 18.3 Å². The topological polar surface area (TPSA) is 42.7 Å².